The fraction of sp³-hybridized carbons (Fsp3) is 0.279. The van der Waals surface area contributed by atoms with Gasteiger partial charge in [0.05, 0.1) is 0 Å². The molecule has 5 aromatic carbocycles. The molecule has 0 saturated carbocycles. The zero-order valence-electron chi connectivity index (χ0n) is 29.7. The summed E-state index contributed by atoms with van der Waals surface area (Å²) in [5.74, 6) is 0. The summed E-state index contributed by atoms with van der Waals surface area (Å²) in [4.78, 5) is 0. The van der Waals surface area contributed by atoms with E-state index in [2.05, 4.69) is 184 Å². The molecule has 0 N–H and O–H groups in total. The van der Waals surface area contributed by atoms with Crippen molar-refractivity contribution in [1.29, 1.82) is 0 Å². The normalized spacial score (nSPS) is 11.5. The van der Waals surface area contributed by atoms with Crippen molar-refractivity contribution in [3.8, 4) is 33.4 Å². The van der Waals surface area contributed by atoms with Crippen molar-refractivity contribution in [2.45, 2.75) is 78.4 Å². The van der Waals surface area contributed by atoms with E-state index in [0.29, 0.717) is 0 Å². The molecule has 0 spiro atoms. The Morgan fingerprint density at radius 3 is 1.62 bits per heavy atom. The minimum absolute atomic E-state index is 0. The number of fused-ring (bicyclic) bond motifs is 3. The second-order valence-electron chi connectivity index (χ2n) is 14.8. The first-order valence-corrected chi connectivity index (χ1v) is 19.3. The third-order valence-corrected chi connectivity index (χ3v) is 10.4. The standard InChI is InChI=1S/C33H33.C8H13Si.C2H4.2ClH.Hf/c1-32(2,3)30-20-26-24(18-28(30)22-13-9-7-10-14-22)17-25-19-29(23-15-11-8-12-16-23)31(21-27(25)26)33(4,5)6;1-9(2,3)8-6-4-5-7-8;1-2;;;/h7-16,18,20-21H,17H2,1-6H3;4-7H,1-3H3;1-2H2;2*1H;/q2*-1;;;;+4/p-2. The van der Waals surface area contributed by atoms with E-state index < -0.39 is 8.07 Å². The van der Waals surface area contributed by atoms with Gasteiger partial charge in [0.25, 0.3) is 0 Å². The monoisotopic (exact) mass is 844 g/mol. The average molecular weight is 844 g/mol. The van der Waals surface area contributed by atoms with Crippen LogP contribution in [0.25, 0.3) is 33.4 Å². The van der Waals surface area contributed by atoms with Gasteiger partial charge in [0.15, 0.2) is 0 Å². The number of hydrogen-bond acceptors (Lipinski definition) is 0. The number of benzene rings is 4. The second-order valence-corrected chi connectivity index (χ2v) is 19.9. The fourth-order valence-electron chi connectivity index (χ4n) is 5.98. The van der Waals surface area contributed by atoms with Crippen molar-refractivity contribution in [3.63, 3.8) is 0 Å². The van der Waals surface area contributed by atoms with Crippen LogP contribution < -0.4 is 30.0 Å². The van der Waals surface area contributed by atoms with Crippen molar-refractivity contribution in [2.24, 2.45) is 0 Å². The first kappa shape index (κ1) is 42.7. The van der Waals surface area contributed by atoms with E-state index in [1.165, 1.54) is 55.6 Å². The Kier molecular flexibility index (Phi) is 15.7. The van der Waals surface area contributed by atoms with Gasteiger partial charge in [-0.15, -0.1) is 42.0 Å². The minimum atomic E-state index is -0.981. The van der Waals surface area contributed by atoms with Crippen LogP contribution in [0.1, 0.15) is 63.8 Å². The molecular formula is C43H50Cl2HfSi. The molecule has 0 heterocycles. The Labute approximate surface area is 318 Å². The van der Waals surface area contributed by atoms with Gasteiger partial charge in [-0.2, -0.15) is 18.2 Å². The Morgan fingerprint density at radius 2 is 1.17 bits per heavy atom. The van der Waals surface area contributed by atoms with Gasteiger partial charge in [-0.3, -0.25) is 0 Å². The second kappa shape index (κ2) is 17.3. The predicted octanol–water partition coefficient (Wildman–Crippen LogP) is 5.75. The summed E-state index contributed by atoms with van der Waals surface area (Å²) in [6, 6.07) is 41.5. The maximum Gasteiger partial charge on any atom is 4.00 e. The molecule has 0 nitrogen and oxygen atoms in total. The largest absolute Gasteiger partial charge is 4.00 e. The minimum Gasteiger partial charge on any atom is -1.00 e. The molecule has 0 saturated heterocycles. The van der Waals surface area contributed by atoms with Crippen molar-refractivity contribution in [1.82, 2.24) is 0 Å². The molecule has 244 valence electrons. The molecule has 0 bridgehead atoms. The van der Waals surface area contributed by atoms with E-state index >= 15 is 0 Å². The fourth-order valence-corrected chi connectivity index (χ4v) is 7.17. The van der Waals surface area contributed by atoms with Crippen LogP contribution in [0.3, 0.4) is 0 Å². The summed E-state index contributed by atoms with van der Waals surface area (Å²) in [7, 11) is -0.981. The Hall–Kier alpha value is -2.36. The zero-order chi connectivity index (χ0) is 32.3. The van der Waals surface area contributed by atoms with Gasteiger partial charge < -0.3 is 24.8 Å². The number of rotatable bonds is 3. The van der Waals surface area contributed by atoms with Crippen LogP contribution in [0.2, 0.25) is 19.6 Å². The quantitative estimate of drug-likeness (QED) is 0.121. The van der Waals surface area contributed by atoms with Crippen LogP contribution in [0.4, 0.5) is 0 Å². The first-order valence-electron chi connectivity index (χ1n) is 15.8. The molecule has 0 radical (unpaired) electrons. The summed E-state index contributed by atoms with van der Waals surface area (Å²) >= 11 is 0. The van der Waals surface area contributed by atoms with E-state index in [9.17, 15) is 0 Å². The molecule has 1 aliphatic carbocycles. The topological polar surface area (TPSA) is 0 Å². The Balaban J connectivity index is 0.000000682. The van der Waals surface area contributed by atoms with Crippen LogP contribution >= 0.6 is 0 Å². The van der Waals surface area contributed by atoms with Gasteiger partial charge >= 0.3 is 25.8 Å². The molecule has 0 atom stereocenters. The van der Waals surface area contributed by atoms with Crippen LogP contribution in [0, 0.1) is 6.07 Å². The van der Waals surface area contributed by atoms with Crippen LogP contribution in [-0.4, -0.2) is 8.07 Å². The van der Waals surface area contributed by atoms with E-state index in [1.807, 2.05) is 0 Å². The van der Waals surface area contributed by atoms with Crippen LogP contribution in [0.5, 0.6) is 0 Å². The summed E-state index contributed by atoms with van der Waals surface area (Å²) in [6.45, 7) is 27.0. The maximum absolute atomic E-state index is 3.88. The summed E-state index contributed by atoms with van der Waals surface area (Å²) in [5.41, 5.74) is 13.5. The van der Waals surface area contributed by atoms with Crippen LogP contribution in [0.15, 0.2) is 116 Å². The van der Waals surface area contributed by atoms with Gasteiger partial charge in [-0.25, -0.2) is 11.3 Å². The molecule has 0 aliphatic heterocycles. The zero-order valence-corrected chi connectivity index (χ0v) is 35.8. The molecule has 47 heavy (non-hydrogen) atoms. The van der Waals surface area contributed by atoms with E-state index in [1.54, 1.807) is 5.19 Å². The first-order chi connectivity index (χ1) is 20.7. The van der Waals surface area contributed by atoms with Crippen molar-refractivity contribution >= 4 is 13.3 Å². The van der Waals surface area contributed by atoms with Gasteiger partial charge in [0, 0.05) is 8.07 Å². The third-order valence-electron chi connectivity index (χ3n) is 8.35. The molecular weight excluding hydrogens is 794 g/mol. The van der Waals surface area contributed by atoms with Crippen molar-refractivity contribution < 1.29 is 50.7 Å². The predicted molar refractivity (Wildman–Crippen MR) is 198 cm³/mol. The van der Waals surface area contributed by atoms with E-state index in [-0.39, 0.29) is 61.5 Å². The maximum atomic E-state index is 3.88. The molecule has 0 fully saturated rings. The summed E-state index contributed by atoms with van der Waals surface area (Å²) in [5, 5.41) is 1.56. The molecule has 6 rings (SSSR count). The molecule has 4 heteroatoms. The Morgan fingerprint density at radius 1 is 0.660 bits per heavy atom. The molecule has 0 amide bonds. The molecule has 5 aromatic rings. The van der Waals surface area contributed by atoms with Gasteiger partial charge in [-0.05, 0) is 39.5 Å². The van der Waals surface area contributed by atoms with Crippen molar-refractivity contribution in [3.05, 3.63) is 145 Å². The average Bonchev–Trinajstić information content (AvgIpc) is 3.66. The summed E-state index contributed by atoms with van der Waals surface area (Å²) < 4.78 is 0. The molecule has 0 aromatic heterocycles. The smallest absolute Gasteiger partial charge is 1.00 e. The van der Waals surface area contributed by atoms with Crippen molar-refractivity contribution in [2.75, 3.05) is 0 Å². The third kappa shape index (κ3) is 10.1. The molecule has 1 aliphatic rings. The number of hydrogen-bond donors (Lipinski definition) is 0. The summed E-state index contributed by atoms with van der Waals surface area (Å²) in [6.07, 6.45) is 0.944. The van der Waals surface area contributed by atoms with E-state index in [4.69, 9.17) is 0 Å². The van der Waals surface area contributed by atoms with Crippen LogP contribution in [-0.2, 0) is 43.1 Å². The van der Waals surface area contributed by atoms with Gasteiger partial charge in [0.2, 0.25) is 0 Å². The molecule has 0 unspecified atom stereocenters. The van der Waals surface area contributed by atoms with E-state index in [0.717, 1.165) is 6.42 Å². The SMILES string of the molecule is C=C.CC(C)(C)c1cc2c([c-]c1-c1ccccc1)Cc1cc(-c3ccccc3)c(C(C)(C)C)cc1-2.C[Si](C)(C)c1cc[cH-]c1.[Cl-].[Cl-].[Hf+4]. The number of halogens is 2. The van der Waals surface area contributed by atoms with Gasteiger partial charge in [-0.1, -0.05) is 151 Å². The Bertz CT molecular complexity index is 1580. The van der Waals surface area contributed by atoms with Gasteiger partial charge in [0.1, 0.15) is 0 Å².